The monoisotopic (exact) mass is 466 g/mol. The number of hydrogen-bond acceptors (Lipinski definition) is 7. The number of rotatable bonds is 6. The van der Waals surface area contributed by atoms with Crippen molar-refractivity contribution in [2.24, 2.45) is 23.7 Å². The predicted octanol–water partition coefficient (Wildman–Crippen LogP) is 3.36. The SMILES string of the molecule is CCC(C)C=CC1=CC2=C(Cl)C(=O)C3(C)OC(O)(C(C)C(C)O)C(C(=O)OC)C3C2=CO1. The molecule has 0 bridgehead atoms. The summed E-state index contributed by atoms with van der Waals surface area (Å²) in [6.45, 7) is 8.66. The zero-order chi connectivity index (χ0) is 24.0. The Hall–Kier alpha value is -1.93. The van der Waals surface area contributed by atoms with Gasteiger partial charge in [-0.3, -0.25) is 9.59 Å². The second-order valence-corrected chi connectivity index (χ2v) is 9.39. The molecule has 1 aliphatic carbocycles. The maximum atomic E-state index is 13.4. The minimum atomic E-state index is -2.16. The third-order valence-corrected chi connectivity index (χ3v) is 7.33. The van der Waals surface area contributed by atoms with Crippen molar-refractivity contribution in [3.8, 4) is 0 Å². The molecular formula is C24H31ClO7. The Morgan fingerprint density at radius 1 is 1.38 bits per heavy atom. The zero-order valence-electron chi connectivity index (χ0n) is 19.2. The van der Waals surface area contributed by atoms with E-state index < -0.39 is 47.0 Å². The number of aliphatic hydroxyl groups excluding tert-OH is 1. The number of hydrogen-bond donors (Lipinski definition) is 2. The van der Waals surface area contributed by atoms with Gasteiger partial charge in [-0.05, 0) is 31.9 Å². The van der Waals surface area contributed by atoms with Gasteiger partial charge in [0.15, 0.2) is 5.79 Å². The van der Waals surface area contributed by atoms with Crippen LogP contribution < -0.4 is 0 Å². The number of halogens is 1. The van der Waals surface area contributed by atoms with Crippen molar-refractivity contribution in [2.45, 2.75) is 58.5 Å². The minimum Gasteiger partial charge on any atom is -0.469 e. The summed E-state index contributed by atoms with van der Waals surface area (Å²) in [7, 11) is 1.20. The lowest BCUT2D eigenvalue weighted by molar-refractivity contribution is -0.268. The Morgan fingerprint density at radius 3 is 2.59 bits per heavy atom. The van der Waals surface area contributed by atoms with Crippen LogP contribution in [0.4, 0.5) is 0 Å². The fourth-order valence-electron chi connectivity index (χ4n) is 4.55. The minimum absolute atomic E-state index is 0.0645. The van der Waals surface area contributed by atoms with Crippen molar-refractivity contribution >= 4 is 23.4 Å². The summed E-state index contributed by atoms with van der Waals surface area (Å²) in [5, 5.41) is 21.6. The topological polar surface area (TPSA) is 102 Å². The van der Waals surface area contributed by atoms with E-state index in [9.17, 15) is 19.8 Å². The second-order valence-electron chi connectivity index (χ2n) is 9.01. The molecule has 3 aliphatic rings. The highest BCUT2D eigenvalue weighted by Gasteiger charge is 2.71. The number of fused-ring (bicyclic) bond motifs is 3. The van der Waals surface area contributed by atoms with Gasteiger partial charge in [0.05, 0.1) is 24.5 Å². The molecule has 8 heteroatoms. The molecule has 32 heavy (non-hydrogen) atoms. The predicted molar refractivity (Wildman–Crippen MR) is 118 cm³/mol. The number of ketones is 1. The van der Waals surface area contributed by atoms with E-state index in [1.54, 1.807) is 13.0 Å². The van der Waals surface area contributed by atoms with Crippen molar-refractivity contribution in [3.63, 3.8) is 0 Å². The highest BCUT2D eigenvalue weighted by molar-refractivity contribution is 6.45. The van der Waals surface area contributed by atoms with E-state index in [1.165, 1.54) is 27.2 Å². The molecule has 7 unspecified atom stereocenters. The summed E-state index contributed by atoms with van der Waals surface area (Å²) in [5.41, 5.74) is -0.771. The Morgan fingerprint density at radius 2 is 2.03 bits per heavy atom. The Bertz CT molecular complexity index is 931. The van der Waals surface area contributed by atoms with Crippen LogP contribution in [-0.4, -0.2) is 46.6 Å². The van der Waals surface area contributed by atoms with Crippen LogP contribution in [-0.2, 0) is 23.8 Å². The van der Waals surface area contributed by atoms with Gasteiger partial charge in [0.1, 0.15) is 17.3 Å². The van der Waals surface area contributed by atoms with Crippen LogP contribution in [0.1, 0.15) is 41.0 Å². The van der Waals surface area contributed by atoms with Gasteiger partial charge < -0.3 is 24.4 Å². The number of aliphatic hydroxyl groups is 2. The van der Waals surface area contributed by atoms with E-state index in [4.69, 9.17) is 25.8 Å². The Balaban J connectivity index is 2.13. The fourth-order valence-corrected chi connectivity index (χ4v) is 4.90. The highest BCUT2D eigenvalue weighted by atomic mass is 35.5. The first-order chi connectivity index (χ1) is 14.9. The lowest BCUT2D eigenvalue weighted by Crippen LogP contribution is -2.50. The molecule has 2 aliphatic heterocycles. The number of methoxy groups -OCH3 is 1. The third kappa shape index (κ3) is 3.75. The molecule has 0 radical (unpaired) electrons. The van der Waals surface area contributed by atoms with E-state index in [1.807, 2.05) is 12.2 Å². The van der Waals surface area contributed by atoms with E-state index in [2.05, 4.69) is 13.8 Å². The van der Waals surface area contributed by atoms with Crippen LogP contribution in [0, 0.1) is 23.7 Å². The molecule has 7 atom stereocenters. The molecule has 0 amide bonds. The van der Waals surface area contributed by atoms with Crippen molar-refractivity contribution in [1.29, 1.82) is 0 Å². The molecule has 176 valence electrons. The van der Waals surface area contributed by atoms with Gasteiger partial charge in [0.25, 0.3) is 0 Å². The van der Waals surface area contributed by atoms with E-state index >= 15 is 0 Å². The van der Waals surface area contributed by atoms with E-state index in [0.29, 0.717) is 22.8 Å². The first-order valence-corrected chi connectivity index (χ1v) is 11.2. The fraction of sp³-hybridized carbons (Fsp3) is 0.583. The van der Waals surface area contributed by atoms with Crippen LogP contribution in [0.15, 0.2) is 46.4 Å². The number of Topliss-reactive ketones (excluding diaryl/α,β-unsaturated/α-hetero) is 1. The molecule has 0 aromatic carbocycles. The number of esters is 1. The number of ether oxygens (including phenoxy) is 3. The number of allylic oxidation sites excluding steroid dienone is 4. The summed E-state index contributed by atoms with van der Waals surface area (Å²) in [6.07, 6.45) is 6.84. The molecule has 0 spiro atoms. The van der Waals surface area contributed by atoms with Crippen molar-refractivity contribution < 1.29 is 34.0 Å². The summed E-state index contributed by atoms with van der Waals surface area (Å²) in [4.78, 5) is 26.3. The lowest BCUT2D eigenvalue weighted by atomic mass is 9.66. The first kappa shape index (κ1) is 24.7. The summed E-state index contributed by atoms with van der Waals surface area (Å²) >= 11 is 6.49. The van der Waals surface area contributed by atoms with Crippen LogP contribution in [0.3, 0.4) is 0 Å². The maximum absolute atomic E-state index is 13.4. The standard InChI is InChI=1S/C24H31ClO7/c1-7-12(2)8-9-15-10-16-17(11-31-15)18-19(22(28)30-6)24(29,13(3)14(4)26)32-23(18,5)21(27)20(16)25/h8-14,18-19,26,29H,7H2,1-6H3. The molecule has 0 saturated carbocycles. The van der Waals surface area contributed by atoms with Gasteiger partial charge in [0.2, 0.25) is 5.78 Å². The molecule has 0 aromatic rings. The summed E-state index contributed by atoms with van der Waals surface area (Å²) in [6, 6.07) is 0. The average molecular weight is 467 g/mol. The average Bonchev–Trinajstić information content (AvgIpc) is 3.03. The molecular weight excluding hydrogens is 436 g/mol. The summed E-state index contributed by atoms with van der Waals surface area (Å²) < 4.78 is 16.7. The van der Waals surface area contributed by atoms with Gasteiger partial charge in [-0.25, -0.2) is 0 Å². The number of carbonyl (C=O) groups excluding carboxylic acids is 2. The van der Waals surface area contributed by atoms with Gasteiger partial charge >= 0.3 is 5.97 Å². The van der Waals surface area contributed by atoms with Gasteiger partial charge in [0, 0.05) is 23.0 Å². The molecule has 0 aromatic heterocycles. The molecule has 7 nitrogen and oxygen atoms in total. The van der Waals surface area contributed by atoms with Gasteiger partial charge in [-0.1, -0.05) is 44.9 Å². The molecule has 2 N–H and O–H groups in total. The quantitative estimate of drug-likeness (QED) is 0.578. The van der Waals surface area contributed by atoms with Gasteiger partial charge in [-0.2, -0.15) is 0 Å². The lowest BCUT2D eigenvalue weighted by Gasteiger charge is -2.37. The van der Waals surface area contributed by atoms with Crippen LogP contribution >= 0.6 is 11.6 Å². The third-order valence-electron chi connectivity index (χ3n) is 6.95. The normalized spacial score (nSPS) is 34.8. The van der Waals surface area contributed by atoms with Gasteiger partial charge in [-0.15, -0.1) is 0 Å². The van der Waals surface area contributed by atoms with Crippen molar-refractivity contribution in [3.05, 3.63) is 46.4 Å². The smallest absolute Gasteiger partial charge is 0.314 e. The first-order valence-electron chi connectivity index (χ1n) is 10.8. The Labute approximate surface area is 193 Å². The van der Waals surface area contributed by atoms with E-state index in [0.717, 1.165) is 6.42 Å². The van der Waals surface area contributed by atoms with E-state index in [-0.39, 0.29) is 5.03 Å². The van der Waals surface area contributed by atoms with Crippen molar-refractivity contribution in [2.75, 3.05) is 7.11 Å². The summed E-state index contributed by atoms with van der Waals surface area (Å²) in [5.74, 6) is -5.75. The van der Waals surface area contributed by atoms with Crippen LogP contribution in [0.2, 0.25) is 0 Å². The van der Waals surface area contributed by atoms with Crippen molar-refractivity contribution in [1.82, 2.24) is 0 Å². The second kappa shape index (κ2) is 8.78. The van der Waals surface area contributed by atoms with Crippen LogP contribution in [0.25, 0.3) is 0 Å². The highest BCUT2D eigenvalue weighted by Crippen LogP contribution is 2.58. The molecule has 3 rings (SSSR count). The molecule has 1 saturated heterocycles. The molecule has 1 fully saturated rings. The number of carbonyl (C=O) groups is 2. The maximum Gasteiger partial charge on any atom is 0.314 e. The Kier molecular flexibility index (Phi) is 6.78. The molecule has 2 heterocycles. The zero-order valence-corrected chi connectivity index (χ0v) is 20.0. The van der Waals surface area contributed by atoms with Crippen LogP contribution in [0.5, 0.6) is 0 Å². The largest absolute Gasteiger partial charge is 0.469 e.